The third kappa shape index (κ3) is 2.92. The topological polar surface area (TPSA) is 73.1 Å². The molecule has 1 fully saturated rings. The quantitative estimate of drug-likeness (QED) is 0.698. The predicted molar refractivity (Wildman–Crippen MR) is 82.9 cm³/mol. The molecule has 1 aliphatic heterocycles. The largest absolute Gasteiger partial charge is 0.489 e. The van der Waals surface area contributed by atoms with Gasteiger partial charge in [-0.15, -0.1) is 0 Å². The van der Waals surface area contributed by atoms with E-state index < -0.39 is 0 Å². The van der Waals surface area contributed by atoms with E-state index in [0.717, 1.165) is 12.8 Å². The van der Waals surface area contributed by atoms with E-state index in [2.05, 4.69) is 10.5 Å². The number of hydrogen-bond donors (Lipinski definition) is 1. The van der Waals surface area contributed by atoms with Crippen molar-refractivity contribution < 1.29 is 18.7 Å². The van der Waals surface area contributed by atoms with Gasteiger partial charge in [0, 0.05) is 11.0 Å². The first-order chi connectivity index (χ1) is 11.2. The molecule has 1 saturated carbocycles. The van der Waals surface area contributed by atoms with E-state index >= 15 is 0 Å². The third-order valence-corrected chi connectivity index (χ3v) is 4.13. The lowest BCUT2D eigenvalue weighted by Gasteiger charge is -2.08. The number of hydrogen-bond acceptors (Lipinski definition) is 5. The van der Waals surface area contributed by atoms with Gasteiger partial charge in [0.1, 0.15) is 5.76 Å². The van der Waals surface area contributed by atoms with Crippen LogP contribution in [0, 0.1) is 5.41 Å². The van der Waals surface area contributed by atoms with Gasteiger partial charge in [0.2, 0.25) is 0 Å². The van der Waals surface area contributed by atoms with Crippen molar-refractivity contribution >= 4 is 12.1 Å². The van der Waals surface area contributed by atoms with E-state index in [1.54, 1.807) is 36.6 Å². The fourth-order valence-electron chi connectivity index (χ4n) is 2.43. The van der Waals surface area contributed by atoms with Gasteiger partial charge in [0.25, 0.3) is 5.91 Å². The smallest absolute Gasteiger partial charge is 0.271 e. The van der Waals surface area contributed by atoms with Crippen LogP contribution in [0.5, 0.6) is 11.5 Å². The number of benzene rings is 1. The molecule has 0 saturated heterocycles. The van der Waals surface area contributed by atoms with Gasteiger partial charge in [-0.3, -0.25) is 4.79 Å². The van der Waals surface area contributed by atoms with E-state index in [1.165, 1.54) is 6.21 Å². The Morgan fingerprint density at radius 2 is 2.00 bits per heavy atom. The van der Waals surface area contributed by atoms with Crippen molar-refractivity contribution in [2.45, 2.75) is 12.8 Å². The molecule has 2 aromatic rings. The summed E-state index contributed by atoms with van der Waals surface area (Å²) in [5, 5.41) is 3.86. The Labute approximate surface area is 133 Å². The van der Waals surface area contributed by atoms with Gasteiger partial charge in [-0.25, -0.2) is 5.43 Å². The fourth-order valence-corrected chi connectivity index (χ4v) is 2.43. The first kappa shape index (κ1) is 13.9. The SMILES string of the molecule is O=C(N/N=C/c1ccco1)c1ccc2c(c1)OCC1(CC1)CO2. The van der Waals surface area contributed by atoms with Crippen LogP contribution < -0.4 is 14.9 Å². The van der Waals surface area contributed by atoms with Gasteiger partial charge in [-0.2, -0.15) is 5.10 Å². The molecule has 0 bridgehead atoms. The van der Waals surface area contributed by atoms with Gasteiger partial charge in [-0.1, -0.05) is 0 Å². The summed E-state index contributed by atoms with van der Waals surface area (Å²) in [7, 11) is 0. The number of ether oxygens (including phenoxy) is 2. The first-order valence-electron chi connectivity index (χ1n) is 7.51. The molecule has 1 amide bonds. The highest BCUT2D eigenvalue weighted by Crippen LogP contribution is 2.49. The number of fused-ring (bicyclic) bond motifs is 1. The lowest BCUT2D eigenvalue weighted by Crippen LogP contribution is -2.18. The van der Waals surface area contributed by atoms with Crippen LogP contribution in [0.4, 0.5) is 0 Å². The van der Waals surface area contributed by atoms with E-state index in [0.29, 0.717) is 36.0 Å². The van der Waals surface area contributed by atoms with E-state index in [1.807, 2.05) is 0 Å². The molecule has 1 aromatic heterocycles. The first-order valence-corrected chi connectivity index (χ1v) is 7.51. The zero-order chi connectivity index (χ0) is 15.7. The summed E-state index contributed by atoms with van der Waals surface area (Å²) in [6, 6.07) is 8.65. The minimum atomic E-state index is -0.315. The normalized spacial score (nSPS) is 17.9. The van der Waals surface area contributed by atoms with Crippen LogP contribution in [0.1, 0.15) is 29.0 Å². The number of hydrazone groups is 1. The highest BCUT2D eigenvalue weighted by molar-refractivity contribution is 5.95. The van der Waals surface area contributed by atoms with Crippen LogP contribution >= 0.6 is 0 Å². The fraction of sp³-hybridized carbons (Fsp3) is 0.294. The Kier molecular flexibility index (Phi) is 3.29. The Bertz CT molecular complexity index is 748. The standard InChI is InChI=1S/C17H16N2O4/c20-16(19-18-9-13-2-1-7-21-13)12-3-4-14-15(8-12)23-11-17(5-6-17)10-22-14/h1-4,7-9H,5-6,10-11H2,(H,19,20)/b18-9+. The lowest BCUT2D eigenvalue weighted by molar-refractivity contribution is 0.0954. The molecule has 2 aliphatic rings. The van der Waals surface area contributed by atoms with Crippen molar-refractivity contribution in [2.24, 2.45) is 10.5 Å². The number of rotatable bonds is 3. The molecule has 1 aliphatic carbocycles. The van der Waals surface area contributed by atoms with Gasteiger partial charge in [0.05, 0.1) is 25.7 Å². The molecular weight excluding hydrogens is 296 g/mol. The second-order valence-electron chi connectivity index (χ2n) is 5.95. The van der Waals surface area contributed by atoms with Gasteiger partial charge >= 0.3 is 0 Å². The average molecular weight is 312 g/mol. The summed E-state index contributed by atoms with van der Waals surface area (Å²) in [5.41, 5.74) is 3.11. The predicted octanol–water partition coefficient (Wildman–Crippen LogP) is 2.59. The Morgan fingerprint density at radius 3 is 2.74 bits per heavy atom. The van der Waals surface area contributed by atoms with Crippen LogP contribution in [0.15, 0.2) is 46.1 Å². The summed E-state index contributed by atoms with van der Waals surface area (Å²) in [5.74, 6) is 1.55. The third-order valence-electron chi connectivity index (χ3n) is 4.13. The minimum Gasteiger partial charge on any atom is -0.489 e. The minimum absolute atomic E-state index is 0.175. The molecule has 23 heavy (non-hydrogen) atoms. The number of amides is 1. The highest BCUT2D eigenvalue weighted by atomic mass is 16.5. The van der Waals surface area contributed by atoms with Crippen LogP contribution in [0.3, 0.4) is 0 Å². The zero-order valence-electron chi connectivity index (χ0n) is 12.5. The number of furan rings is 1. The van der Waals surface area contributed by atoms with Crippen LogP contribution in [-0.2, 0) is 0 Å². The van der Waals surface area contributed by atoms with E-state index in [9.17, 15) is 4.79 Å². The molecular formula is C17H16N2O4. The molecule has 6 nitrogen and oxygen atoms in total. The van der Waals surface area contributed by atoms with Crippen molar-refractivity contribution in [1.29, 1.82) is 0 Å². The maximum atomic E-state index is 12.1. The summed E-state index contributed by atoms with van der Waals surface area (Å²) in [6.45, 7) is 1.32. The number of nitrogens with one attached hydrogen (secondary N) is 1. The lowest BCUT2D eigenvalue weighted by atomic mass is 10.1. The van der Waals surface area contributed by atoms with E-state index in [-0.39, 0.29) is 11.3 Å². The molecule has 0 unspecified atom stereocenters. The maximum Gasteiger partial charge on any atom is 0.271 e. The summed E-state index contributed by atoms with van der Waals surface area (Å²) >= 11 is 0. The number of carbonyl (C=O) groups is 1. The summed E-state index contributed by atoms with van der Waals surface area (Å²) < 4.78 is 16.7. The molecule has 2 heterocycles. The van der Waals surface area contributed by atoms with Crippen LogP contribution in [0.25, 0.3) is 0 Å². The summed E-state index contributed by atoms with van der Waals surface area (Å²) in [6.07, 6.45) is 5.25. The molecule has 0 radical (unpaired) electrons. The zero-order valence-corrected chi connectivity index (χ0v) is 12.5. The molecule has 1 aromatic carbocycles. The molecule has 4 rings (SSSR count). The number of carbonyl (C=O) groups excluding carboxylic acids is 1. The second-order valence-corrected chi connectivity index (χ2v) is 5.95. The summed E-state index contributed by atoms with van der Waals surface area (Å²) in [4.78, 5) is 12.1. The molecule has 0 atom stereocenters. The van der Waals surface area contributed by atoms with Crippen LogP contribution in [0.2, 0.25) is 0 Å². The van der Waals surface area contributed by atoms with Crippen molar-refractivity contribution in [1.82, 2.24) is 5.43 Å². The molecule has 118 valence electrons. The Morgan fingerprint density at radius 1 is 1.17 bits per heavy atom. The van der Waals surface area contributed by atoms with Gasteiger partial charge < -0.3 is 13.9 Å². The van der Waals surface area contributed by atoms with Crippen LogP contribution in [-0.4, -0.2) is 25.3 Å². The Hall–Kier alpha value is -2.76. The monoisotopic (exact) mass is 312 g/mol. The highest BCUT2D eigenvalue weighted by Gasteiger charge is 2.46. The Balaban J connectivity index is 1.45. The van der Waals surface area contributed by atoms with Gasteiger partial charge in [0.15, 0.2) is 11.5 Å². The van der Waals surface area contributed by atoms with Crippen molar-refractivity contribution in [3.05, 3.63) is 47.9 Å². The average Bonchev–Trinajstić information content (AvgIpc) is 3.21. The van der Waals surface area contributed by atoms with E-state index in [4.69, 9.17) is 13.9 Å². The maximum absolute atomic E-state index is 12.1. The van der Waals surface area contributed by atoms with Gasteiger partial charge in [-0.05, 0) is 43.2 Å². The second kappa shape index (κ2) is 5.46. The molecule has 6 heteroatoms. The molecule has 1 spiro atoms. The number of nitrogens with zero attached hydrogens (tertiary/aromatic N) is 1. The van der Waals surface area contributed by atoms with Crippen molar-refractivity contribution in [3.8, 4) is 11.5 Å². The molecule has 1 N–H and O–H groups in total. The van der Waals surface area contributed by atoms with Crippen molar-refractivity contribution in [3.63, 3.8) is 0 Å². The van der Waals surface area contributed by atoms with Crippen molar-refractivity contribution in [2.75, 3.05) is 13.2 Å².